The Morgan fingerprint density at radius 3 is 2.86 bits per heavy atom. The van der Waals surface area contributed by atoms with E-state index in [1.807, 2.05) is 6.92 Å². The largest absolute Gasteiger partial charge is 0.478 e. The third kappa shape index (κ3) is 3.14. The van der Waals surface area contributed by atoms with Crippen LogP contribution in [0.1, 0.15) is 29.0 Å². The van der Waals surface area contributed by atoms with Gasteiger partial charge in [0, 0.05) is 12.5 Å². The Balaban J connectivity index is 2.28. The number of carbonyl (C=O) groups is 1. The quantitative estimate of drug-likeness (QED) is 0.630. The Labute approximate surface area is 118 Å². The number of nitro benzene ring substituents is 1. The van der Waals surface area contributed by atoms with Crippen LogP contribution >= 0.6 is 0 Å². The normalized spacial score (nSPS) is 10.3. The van der Waals surface area contributed by atoms with Gasteiger partial charge in [0.25, 0.3) is 0 Å². The van der Waals surface area contributed by atoms with E-state index in [1.54, 1.807) is 0 Å². The highest BCUT2D eigenvalue weighted by Gasteiger charge is 2.23. The van der Waals surface area contributed by atoms with Crippen molar-refractivity contribution < 1.29 is 24.1 Å². The Morgan fingerprint density at radius 2 is 2.29 bits per heavy atom. The molecule has 0 aliphatic rings. The zero-order valence-corrected chi connectivity index (χ0v) is 11.0. The molecule has 1 aromatic carbocycles. The van der Waals surface area contributed by atoms with Crippen LogP contribution in [-0.2, 0) is 13.0 Å². The van der Waals surface area contributed by atoms with Crippen LogP contribution in [0, 0.1) is 10.1 Å². The van der Waals surface area contributed by atoms with Crippen molar-refractivity contribution in [3.05, 3.63) is 45.6 Å². The van der Waals surface area contributed by atoms with E-state index < -0.39 is 16.6 Å². The number of para-hydroxylation sites is 1. The predicted molar refractivity (Wildman–Crippen MR) is 68.1 cm³/mol. The van der Waals surface area contributed by atoms with Crippen LogP contribution in [0.4, 0.5) is 5.69 Å². The highest BCUT2D eigenvalue weighted by molar-refractivity contribution is 5.92. The molecule has 0 unspecified atom stereocenters. The van der Waals surface area contributed by atoms with E-state index in [9.17, 15) is 14.9 Å². The lowest BCUT2D eigenvalue weighted by molar-refractivity contribution is -0.386. The van der Waals surface area contributed by atoms with Gasteiger partial charge in [0.05, 0.1) is 4.92 Å². The molecule has 2 aromatic rings. The second-order valence-electron chi connectivity index (χ2n) is 3.96. The maximum absolute atomic E-state index is 11.1. The molecule has 0 bridgehead atoms. The van der Waals surface area contributed by atoms with Crippen LogP contribution in [0.2, 0.25) is 0 Å². The number of hydrogen-bond donors (Lipinski definition) is 1. The number of hydrogen-bond acceptors (Lipinski definition) is 7. The first-order chi connectivity index (χ1) is 10.0. The maximum Gasteiger partial charge on any atom is 0.339 e. The number of nitro groups is 1. The number of benzene rings is 1. The number of carboxylic acids is 1. The Hall–Kier alpha value is -2.97. The molecular weight excluding hydrogens is 282 g/mol. The monoisotopic (exact) mass is 293 g/mol. The van der Waals surface area contributed by atoms with Gasteiger partial charge in [-0.1, -0.05) is 18.1 Å². The average molecular weight is 293 g/mol. The van der Waals surface area contributed by atoms with Gasteiger partial charge in [0.2, 0.25) is 17.5 Å². The maximum atomic E-state index is 11.1. The van der Waals surface area contributed by atoms with E-state index in [-0.39, 0.29) is 23.7 Å². The van der Waals surface area contributed by atoms with Crippen LogP contribution in [0.3, 0.4) is 0 Å². The van der Waals surface area contributed by atoms with Crippen molar-refractivity contribution in [1.82, 2.24) is 10.1 Å². The molecule has 21 heavy (non-hydrogen) atoms. The number of carboxylic acid groups (broad SMARTS) is 1. The number of aromatic nitrogens is 2. The molecule has 0 aliphatic heterocycles. The molecular formula is C12H11N3O6. The van der Waals surface area contributed by atoms with Crippen molar-refractivity contribution >= 4 is 11.7 Å². The summed E-state index contributed by atoms with van der Waals surface area (Å²) in [7, 11) is 0. The third-order valence-electron chi connectivity index (χ3n) is 2.58. The van der Waals surface area contributed by atoms with E-state index in [0.717, 1.165) is 6.07 Å². The summed E-state index contributed by atoms with van der Waals surface area (Å²) in [4.78, 5) is 25.3. The molecule has 0 saturated carbocycles. The van der Waals surface area contributed by atoms with Gasteiger partial charge in [0.15, 0.2) is 6.61 Å². The molecule has 1 heterocycles. The van der Waals surface area contributed by atoms with Crippen LogP contribution in [-0.4, -0.2) is 26.1 Å². The number of ether oxygens (including phenoxy) is 1. The predicted octanol–water partition coefficient (Wildman–Crippen LogP) is 1.82. The fourth-order valence-electron chi connectivity index (χ4n) is 1.62. The summed E-state index contributed by atoms with van der Waals surface area (Å²) in [5.74, 6) is -1.08. The summed E-state index contributed by atoms with van der Waals surface area (Å²) in [6, 6.07) is 3.66. The van der Waals surface area contributed by atoms with E-state index in [4.69, 9.17) is 14.4 Å². The van der Waals surface area contributed by atoms with Crippen molar-refractivity contribution in [3.63, 3.8) is 0 Å². The highest BCUT2D eigenvalue weighted by atomic mass is 16.6. The smallest absolute Gasteiger partial charge is 0.339 e. The SMILES string of the molecule is CCc1nc(COc2c(C(=O)O)cccc2[N+](=O)[O-])no1. The molecule has 0 saturated heterocycles. The Bertz CT molecular complexity index is 649. The minimum absolute atomic E-state index is 0.182. The first kappa shape index (κ1) is 14.4. The minimum Gasteiger partial charge on any atom is -0.478 e. The van der Waals surface area contributed by atoms with Crippen molar-refractivity contribution in [3.8, 4) is 5.75 Å². The van der Waals surface area contributed by atoms with Crippen molar-refractivity contribution in [2.45, 2.75) is 20.0 Å². The molecule has 2 rings (SSSR count). The number of aromatic carboxylic acids is 1. The lowest BCUT2D eigenvalue weighted by Gasteiger charge is -2.07. The van der Waals surface area contributed by atoms with Crippen molar-refractivity contribution in [1.29, 1.82) is 0 Å². The van der Waals surface area contributed by atoms with Gasteiger partial charge in [0.1, 0.15) is 5.56 Å². The average Bonchev–Trinajstić information content (AvgIpc) is 2.92. The summed E-state index contributed by atoms with van der Waals surface area (Å²) in [5, 5.41) is 23.6. The van der Waals surface area contributed by atoms with Gasteiger partial charge in [-0.3, -0.25) is 10.1 Å². The Kier molecular flexibility index (Phi) is 4.12. The molecule has 0 fully saturated rings. The van der Waals surface area contributed by atoms with Crippen LogP contribution in [0.5, 0.6) is 5.75 Å². The molecule has 9 nitrogen and oxygen atoms in total. The molecule has 0 atom stereocenters. The van der Waals surface area contributed by atoms with E-state index in [2.05, 4.69) is 10.1 Å². The first-order valence-electron chi connectivity index (χ1n) is 5.98. The lowest BCUT2D eigenvalue weighted by Crippen LogP contribution is -2.07. The number of aryl methyl sites for hydroxylation is 1. The fourth-order valence-corrected chi connectivity index (χ4v) is 1.62. The van der Waals surface area contributed by atoms with Gasteiger partial charge in [-0.15, -0.1) is 0 Å². The number of rotatable bonds is 6. The van der Waals surface area contributed by atoms with E-state index in [1.165, 1.54) is 12.1 Å². The zero-order chi connectivity index (χ0) is 15.4. The van der Waals surface area contributed by atoms with Gasteiger partial charge >= 0.3 is 11.7 Å². The molecule has 1 aromatic heterocycles. The van der Waals surface area contributed by atoms with Crippen molar-refractivity contribution in [2.24, 2.45) is 0 Å². The molecule has 9 heteroatoms. The van der Waals surface area contributed by atoms with E-state index in [0.29, 0.717) is 12.3 Å². The second kappa shape index (κ2) is 5.99. The molecule has 0 spiro atoms. The lowest BCUT2D eigenvalue weighted by atomic mass is 10.2. The van der Waals surface area contributed by atoms with Crippen LogP contribution in [0.15, 0.2) is 22.7 Å². The van der Waals surface area contributed by atoms with Gasteiger partial charge in [-0.2, -0.15) is 4.98 Å². The molecule has 0 amide bonds. The minimum atomic E-state index is -1.32. The summed E-state index contributed by atoms with van der Waals surface area (Å²) < 4.78 is 10.1. The summed E-state index contributed by atoms with van der Waals surface area (Å²) in [6.07, 6.45) is 0.541. The second-order valence-corrected chi connectivity index (χ2v) is 3.96. The zero-order valence-electron chi connectivity index (χ0n) is 11.0. The number of nitrogens with zero attached hydrogens (tertiary/aromatic N) is 3. The standard InChI is InChI=1S/C12H11N3O6/c1-2-10-13-9(14-21-10)6-20-11-7(12(16)17)4-3-5-8(11)15(18)19/h3-5H,2,6H2,1H3,(H,16,17). The van der Waals surface area contributed by atoms with Gasteiger partial charge < -0.3 is 14.4 Å². The van der Waals surface area contributed by atoms with Crippen LogP contribution in [0.25, 0.3) is 0 Å². The highest BCUT2D eigenvalue weighted by Crippen LogP contribution is 2.31. The molecule has 1 N–H and O–H groups in total. The van der Waals surface area contributed by atoms with Gasteiger partial charge in [-0.05, 0) is 6.07 Å². The third-order valence-corrected chi connectivity index (χ3v) is 2.58. The summed E-state index contributed by atoms with van der Waals surface area (Å²) in [5.41, 5.74) is -0.738. The topological polar surface area (TPSA) is 129 Å². The fraction of sp³-hybridized carbons (Fsp3) is 0.250. The summed E-state index contributed by atoms with van der Waals surface area (Å²) >= 11 is 0. The van der Waals surface area contributed by atoms with E-state index >= 15 is 0 Å². The molecule has 0 radical (unpaired) electrons. The Morgan fingerprint density at radius 1 is 1.52 bits per heavy atom. The molecule has 0 aliphatic carbocycles. The van der Waals surface area contributed by atoms with Gasteiger partial charge in [-0.25, -0.2) is 4.79 Å². The first-order valence-corrected chi connectivity index (χ1v) is 5.98. The van der Waals surface area contributed by atoms with Crippen LogP contribution < -0.4 is 4.74 Å². The van der Waals surface area contributed by atoms with Crippen molar-refractivity contribution in [2.75, 3.05) is 0 Å². The summed E-state index contributed by atoms with van der Waals surface area (Å²) in [6.45, 7) is 1.59. The molecule has 110 valence electrons.